The molecule has 0 heterocycles. The lowest BCUT2D eigenvalue weighted by Crippen LogP contribution is -2.08. The van der Waals surface area contributed by atoms with Gasteiger partial charge in [-0.1, -0.05) is 144 Å². The van der Waals surface area contributed by atoms with Crippen LogP contribution in [0.25, 0.3) is 0 Å². The van der Waals surface area contributed by atoms with Gasteiger partial charge in [0, 0.05) is 0 Å². The summed E-state index contributed by atoms with van der Waals surface area (Å²) in [6.45, 7) is 0. The first-order chi connectivity index (χ1) is 16.4. The van der Waals surface area contributed by atoms with E-state index in [0.29, 0.717) is 0 Å². The predicted molar refractivity (Wildman–Crippen MR) is 146 cm³/mol. The van der Waals surface area contributed by atoms with Gasteiger partial charge < -0.3 is 5.73 Å². The Kier molecular flexibility index (Phi) is 16.0. The second kappa shape index (κ2) is 19.4. The van der Waals surface area contributed by atoms with E-state index in [-0.39, 0.29) is 0 Å². The molecule has 2 rings (SSSR count). The van der Waals surface area contributed by atoms with Crippen molar-refractivity contribution < 1.29 is 0 Å². The van der Waals surface area contributed by atoms with Crippen molar-refractivity contribution in [1.82, 2.24) is 0 Å². The van der Waals surface area contributed by atoms with Gasteiger partial charge in [-0.15, -0.1) is 0 Å². The molecule has 2 N–H and O–H groups in total. The Labute approximate surface area is 204 Å². The molecule has 0 fully saturated rings. The Morgan fingerprint density at radius 3 is 1.33 bits per heavy atom. The maximum Gasteiger partial charge on any atom is -0.0103 e. The van der Waals surface area contributed by atoms with Crippen LogP contribution in [0, 0.1) is 5.92 Å². The Bertz CT molecular complexity index is 649. The molecule has 0 aliphatic rings. The third-order valence-corrected chi connectivity index (χ3v) is 6.85. The average molecular weight is 448 g/mol. The van der Waals surface area contributed by atoms with Crippen molar-refractivity contribution in [2.45, 2.75) is 109 Å². The Balaban J connectivity index is 1.48. The summed E-state index contributed by atoms with van der Waals surface area (Å²) in [6, 6.07) is 22.1. The van der Waals surface area contributed by atoms with E-state index in [1.54, 1.807) is 6.20 Å². The van der Waals surface area contributed by atoms with E-state index < -0.39 is 0 Å². The molecule has 0 saturated heterocycles. The van der Waals surface area contributed by atoms with Gasteiger partial charge in [-0.2, -0.15) is 0 Å². The Morgan fingerprint density at radius 2 is 0.909 bits per heavy atom. The first-order valence-electron chi connectivity index (χ1n) is 13.8. The van der Waals surface area contributed by atoms with E-state index in [0.717, 1.165) is 12.3 Å². The van der Waals surface area contributed by atoms with E-state index in [2.05, 4.69) is 66.7 Å². The lowest BCUT2D eigenvalue weighted by Gasteiger charge is -2.17. The van der Waals surface area contributed by atoms with Crippen molar-refractivity contribution in [1.29, 1.82) is 0 Å². The summed E-state index contributed by atoms with van der Waals surface area (Å²) >= 11 is 0. The topological polar surface area (TPSA) is 26.0 Å². The van der Waals surface area contributed by atoms with Crippen LogP contribution in [0.1, 0.15) is 107 Å². The van der Waals surface area contributed by atoms with Crippen molar-refractivity contribution in [3.05, 3.63) is 84.1 Å². The number of unbranched alkanes of at least 4 members (excludes halogenated alkanes) is 13. The number of benzene rings is 2. The summed E-state index contributed by atoms with van der Waals surface area (Å²) in [7, 11) is 0. The van der Waals surface area contributed by atoms with Crippen molar-refractivity contribution in [2.24, 2.45) is 11.7 Å². The van der Waals surface area contributed by atoms with Gasteiger partial charge >= 0.3 is 0 Å². The minimum absolute atomic E-state index is 0.756. The van der Waals surface area contributed by atoms with Gasteiger partial charge in [-0.05, 0) is 55.3 Å². The summed E-state index contributed by atoms with van der Waals surface area (Å²) in [5.41, 5.74) is 8.34. The summed E-state index contributed by atoms with van der Waals surface area (Å²) < 4.78 is 0. The smallest absolute Gasteiger partial charge is 0.0103 e. The Hall–Kier alpha value is -2.02. The molecule has 0 aromatic heterocycles. The zero-order valence-corrected chi connectivity index (χ0v) is 21.1. The fourth-order valence-electron chi connectivity index (χ4n) is 4.91. The van der Waals surface area contributed by atoms with Crippen LogP contribution in [-0.4, -0.2) is 0 Å². The molecule has 0 atom stereocenters. The molecule has 0 aliphatic heterocycles. The first kappa shape index (κ1) is 27.2. The zero-order chi connectivity index (χ0) is 23.2. The summed E-state index contributed by atoms with van der Waals surface area (Å²) in [5.74, 6) is 0.756. The summed E-state index contributed by atoms with van der Waals surface area (Å²) in [4.78, 5) is 0. The van der Waals surface area contributed by atoms with Gasteiger partial charge in [0.15, 0.2) is 0 Å². The molecular formula is C32H49N. The van der Waals surface area contributed by atoms with E-state index >= 15 is 0 Å². The maximum atomic E-state index is 5.37. The van der Waals surface area contributed by atoms with Crippen LogP contribution in [0.4, 0.5) is 0 Å². The second-order valence-corrected chi connectivity index (χ2v) is 9.85. The molecule has 2 aromatic rings. The first-order valence-corrected chi connectivity index (χ1v) is 13.8. The summed E-state index contributed by atoms with van der Waals surface area (Å²) in [5, 5.41) is 0. The number of hydrogen-bond acceptors (Lipinski definition) is 1. The van der Waals surface area contributed by atoms with E-state index in [4.69, 9.17) is 5.73 Å². The van der Waals surface area contributed by atoms with Crippen LogP contribution >= 0.6 is 0 Å². The van der Waals surface area contributed by atoms with Crippen molar-refractivity contribution in [3.63, 3.8) is 0 Å². The number of hydrogen-bond donors (Lipinski definition) is 1. The number of allylic oxidation sites excluding steroid dienone is 1. The molecule has 0 aliphatic carbocycles. The predicted octanol–water partition coefficient (Wildman–Crippen LogP) is 9.41. The van der Waals surface area contributed by atoms with Crippen LogP contribution in [0.5, 0.6) is 0 Å². The third-order valence-electron chi connectivity index (χ3n) is 6.85. The van der Waals surface area contributed by atoms with Crippen LogP contribution < -0.4 is 5.73 Å². The van der Waals surface area contributed by atoms with Crippen LogP contribution in [-0.2, 0) is 12.8 Å². The van der Waals surface area contributed by atoms with Crippen LogP contribution in [0.2, 0.25) is 0 Å². The van der Waals surface area contributed by atoms with E-state index in [1.807, 2.05) is 0 Å². The second-order valence-electron chi connectivity index (χ2n) is 9.85. The molecule has 182 valence electrons. The average Bonchev–Trinajstić information content (AvgIpc) is 2.85. The van der Waals surface area contributed by atoms with Gasteiger partial charge in [0.1, 0.15) is 0 Å². The fourth-order valence-corrected chi connectivity index (χ4v) is 4.91. The van der Waals surface area contributed by atoms with Crippen LogP contribution in [0.3, 0.4) is 0 Å². The van der Waals surface area contributed by atoms with Crippen LogP contribution in [0.15, 0.2) is 72.9 Å². The van der Waals surface area contributed by atoms with Gasteiger partial charge in [0.2, 0.25) is 0 Å². The molecule has 0 bridgehead atoms. The minimum Gasteiger partial charge on any atom is -0.405 e. The van der Waals surface area contributed by atoms with E-state index in [9.17, 15) is 0 Å². The molecule has 0 radical (unpaired) electrons. The molecule has 1 nitrogen and oxygen atoms in total. The molecule has 0 saturated carbocycles. The van der Waals surface area contributed by atoms with Gasteiger partial charge in [-0.3, -0.25) is 0 Å². The maximum absolute atomic E-state index is 5.37. The molecule has 2 aromatic carbocycles. The monoisotopic (exact) mass is 447 g/mol. The number of nitrogens with two attached hydrogens (primary N) is 1. The lowest BCUT2D eigenvalue weighted by molar-refractivity contribution is 0.444. The molecule has 0 amide bonds. The number of rotatable bonds is 20. The third kappa shape index (κ3) is 14.7. The summed E-state index contributed by atoms with van der Waals surface area (Å²) in [6.07, 6.45) is 26.9. The molecular weight excluding hydrogens is 398 g/mol. The molecule has 33 heavy (non-hydrogen) atoms. The standard InChI is InChI=1S/C32H49N/c33-27-21-13-11-9-7-5-3-1-2-4-6-8-10-12-16-26-32(28-30-22-17-14-18-23-30)29-31-24-19-15-20-25-31/h14-15,17-25,27,32H,1-13,16,26,28-29,33H2. The van der Waals surface area contributed by atoms with E-state index in [1.165, 1.54) is 114 Å². The highest BCUT2D eigenvalue weighted by molar-refractivity contribution is 5.18. The largest absolute Gasteiger partial charge is 0.405 e. The fraction of sp³-hybridized carbons (Fsp3) is 0.562. The van der Waals surface area contributed by atoms with Crippen molar-refractivity contribution in [3.8, 4) is 0 Å². The van der Waals surface area contributed by atoms with Crippen molar-refractivity contribution in [2.75, 3.05) is 0 Å². The molecule has 0 unspecified atom stereocenters. The molecule has 0 spiro atoms. The highest BCUT2D eigenvalue weighted by atomic mass is 14.5. The highest BCUT2D eigenvalue weighted by Gasteiger charge is 2.11. The van der Waals surface area contributed by atoms with Gasteiger partial charge in [0.05, 0.1) is 0 Å². The highest BCUT2D eigenvalue weighted by Crippen LogP contribution is 2.22. The molecule has 1 heteroatoms. The minimum atomic E-state index is 0.756. The quantitative estimate of drug-likeness (QED) is 0.201. The normalized spacial score (nSPS) is 11.5. The van der Waals surface area contributed by atoms with Gasteiger partial charge in [-0.25, -0.2) is 0 Å². The SMILES string of the molecule is NC=CCCCCCCCCCCCCCCCC(Cc1ccccc1)Cc1ccccc1. The Morgan fingerprint density at radius 1 is 0.515 bits per heavy atom. The van der Waals surface area contributed by atoms with Gasteiger partial charge in [0.25, 0.3) is 0 Å². The lowest BCUT2D eigenvalue weighted by atomic mass is 9.88. The zero-order valence-electron chi connectivity index (χ0n) is 21.1. The van der Waals surface area contributed by atoms with Crippen molar-refractivity contribution >= 4 is 0 Å².